The van der Waals surface area contributed by atoms with E-state index in [4.69, 9.17) is 9.94 Å². The number of hydroxylamine groups is 1. The Morgan fingerprint density at radius 1 is 1.15 bits per heavy atom. The lowest BCUT2D eigenvalue weighted by Gasteiger charge is -2.20. The van der Waals surface area contributed by atoms with Gasteiger partial charge in [-0.2, -0.15) is 0 Å². The molecule has 7 heteroatoms. The van der Waals surface area contributed by atoms with E-state index in [1.54, 1.807) is 5.48 Å². The fraction of sp³-hybridized carbons (Fsp3) is 0.600. The topological polar surface area (TPSA) is 90.9 Å². The van der Waals surface area contributed by atoms with Gasteiger partial charge in [0, 0.05) is 19.5 Å². The summed E-state index contributed by atoms with van der Waals surface area (Å²) in [6, 6.07) is 7.52. The lowest BCUT2D eigenvalue weighted by molar-refractivity contribution is -0.147. The van der Waals surface area contributed by atoms with Gasteiger partial charge in [0.05, 0.1) is 0 Å². The van der Waals surface area contributed by atoms with E-state index in [2.05, 4.69) is 19.2 Å². The van der Waals surface area contributed by atoms with Gasteiger partial charge in [0.25, 0.3) is 0 Å². The van der Waals surface area contributed by atoms with Crippen LogP contribution in [-0.2, 0) is 27.3 Å². The number of aryl methyl sites for hydroxylation is 1. The van der Waals surface area contributed by atoms with E-state index in [9.17, 15) is 9.59 Å². The van der Waals surface area contributed by atoms with E-state index < -0.39 is 5.91 Å². The van der Waals surface area contributed by atoms with Gasteiger partial charge in [0.2, 0.25) is 5.91 Å². The summed E-state index contributed by atoms with van der Waals surface area (Å²) >= 11 is 0. The molecule has 0 aliphatic rings. The van der Waals surface area contributed by atoms with Crippen LogP contribution in [0.3, 0.4) is 0 Å². The van der Waals surface area contributed by atoms with Crippen molar-refractivity contribution in [3.8, 4) is 0 Å². The number of benzene rings is 1. The Balaban J connectivity index is 2.53. The summed E-state index contributed by atoms with van der Waals surface area (Å²) < 4.78 is 5.39. The molecule has 7 nitrogen and oxygen atoms in total. The Morgan fingerprint density at radius 3 is 2.33 bits per heavy atom. The third-order valence-corrected chi connectivity index (χ3v) is 4.12. The summed E-state index contributed by atoms with van der Waals surface area (Å²) in [5, 5.41) is 11.8. The van der Waals surface area contributed by atoms with Crippen molar-refractivity contribution in [2.24, 2.45) is 5.92 Å². The highest BCUT2D eigenvalue weighted by Crippen LogP contribution is 2.10. The van der Waals surface area contributed by atoms with E-state index in [1.165, 1.54) is 0 Å². The highest BCUT2D eigenvalue weighted by atomic mass is 16.5. The second-order valence-corrected chi connectivity index (χ2v) is 7.39. The number of likely N-dealkylation sites (N-methyl/N-ethyl adjacent to an activating group) is 1. The molecule has 1 aromatic rings. The molecule has 0 saturated carbocycles. The van der Waals surface area contributed by atoms with Crippen LogP contribution >= 0.6 is 0 Å². The fourth-order valence-corrected chi connectivity index (χ4v) is 2.54. The third-order valence-electron chi connectivity index (χ3n) is 4.12. The maximum absolute atomic E-state index is 12.4. The van der Waals surface area contributed by atoms with Gasteiger partial charge in [0.15, 0.2) is 0 Å². The first kappa shape index (κ1) is 23.1. The van der Waals surface area contributed by atoms with Gasteiger partial charge >= 0.3 is 5.97 Å². The van der Waals surface area contributed by atoms with Gasteiger partial charge in [-0.25, -0.2) is 5.48 Å². The van der Waals surface area contributed by atoms with Crippen molar-refractivity contribution in [2.75, 3.05) is 27.2 Å². The van der Waals surface area contributed by atoms with Gasteiger partial charge < -0.3 is 15.0 Å². The normalized spacial score (nSPS) is 12.3. The Morgan fingerprint density at radius 2 is 1.78 bits per heavy atom. The predicted octanol–water partition coefficient (Wildman–Crippen LogP) is 1.73. The molecular formula is C20H33N3O4. The fourth-order valence-electron chi connectivity index (χ4n) is 2.54. The minimum Gasteiger partial charge on any atom is -0.463 e. The SMILES string of the molecule is CC(C)C[C@H](NCc1ccc(CCC(=O)NO)cc1)C(=O)OCCN(C)C. The van der Waals surface area contributed by atoms with Crippen LogP contribution in [0.4, 0.5) is 0 Å². The molecule has 27 heavy (non-hydrogen) atoms. The lowest BCUT2D eigenvalue weighted by Crippen LogP contribution is -2.39. The summed E-state index contributed by atoms with van der Waals surface area (Å²) in [7, 11) is 3.88. The van der Waals surface area contributed by atoms with Crippen molar-refractivity contribution in [1.29, 1.82) is 0 Å². The highest BCUT2D eigenvalue weighted by Gasteiger charge is 2.20. The number of nitrogens with one attached hydrogen (secondary N) is 2. The second kappa shape index (κ2) is 12.4. The number of ether oxygens (including phenoxy) is 1. The molecule has 152 valence electrons. The first-order valence-corrected chi connectivity index (χ1v) is 9.37. The van der Waals surface area contributed by atoms with Gasteiger partial charge in [-0.05, 0) is 44.0 Å². The molecule has 1 atom stereocenters. The van der Waals surface area contributed by atoms with E-state index in [1.807, 2.05) is 43.3 Å². The zero-order valence-corrected chi connectivity index (χ0v) is 16.8. The summed E-state index contributed by atoms with van der Waals surface area (Å²) in [5.74, 6) is -0.230. The number of esters is 1. The summed E-state index contributed by atoms with van der Waals surface area (Å²) in [4.78, 5) is 25.4. The molecular weight excluding hydrogens is 346 g/mol. The van der Waals surface area contributed by atoms with Gasteiger partial charge in [-0.15, -0.1) is 0 Å². The van der Waals surface area contributed by atoms with Gasteiger partial charge in [-0.1, -0.05) is 38.1 Å². The van der Waals surface area contributed by atoms with Gasteiger partial charge in [0.1, 0.15) is 12.6 Å². The molecule has 3 N–H and O–H groups in total. The van der Waals surface area contributed by atoms with Crippen molar-refractivity contribution in [1.82, 2.24) is 15.7 Å². The quantitative estimate of drug-likeness (QED) is 0.291. The van der Waals surface area contributed by atoms with Crippen molar-refractivity contribution in [3.05, 3.63) is 35.4 Å². The molecule has 0 aromatic heterocycles. The van der Waals surface area contributed by atoms with E-state index in [-0.39, 0.29) is 18.4 Å². The minimum absolute atomic E-state index is 0.211. The molecule has 0 spiro atoms. The van der Waals surface area contributed by atoms with Crippen LogP contribution in [0.25, 0.3) is 0 Å². The van der Waals surface area contributed by atoms with Crippen molar-refractivity contribution >= 4 is 11.9 Å². The zero-order valence-electron chi connectivity index (χ0n) is 16.8. The third kappa shape index (κ3) is 10.1. The first-order chi connectivity index (χ1) is 12.8. The largest absolute Gasteiger partial charge is 0.463 e. The van der Waals surface area contributed by atoms with Crippen molar-refractivity contribution in [3.63, 3.8) is 0 Å². The van der Waals surface area contributed by atoms with Crippen LogP contribution in [0.15, 0.2) is 24.3 Å². The standard InChI is InChI=1S/C20H33N3O4/c1-15(2)13-18(20(25)27-12-11-23(3)4)21-14-17-7-5-16(6-8-17)9-10-19(24)22-26/h5-8,15,18,21,26H,9-14H2,1-4H3,(H,22,24)/t18-/m0/s1. The number of amides is 1. The van der Waals surface area contributed by atoms with E-state index in [0.717, 1.165) is 17.5 Å². The second-order valence-electron chi connectivity index (χ2n) is 7.39. The molecule has 0 aliphatic carbocycles. The van der Waals surface area contributed by atoms with Crippen LogP contribution in [0.2, 0.25) is 0 Å². The Kier molecular flexibility index (Phi) is 10.6. The van der Waals surface area contributed by atoms with E-state index in [0.29, 0.717) is 32.0 Å². The Labute approximate surface area is 162 Å². The maximum atomic E-state index is 12.4. The maximum Gasteiger partial charge on any atom is 0.323 e. The minimum atomic E-state index is -0.398. The van der Waals surface area contributed by atoms with Crippen LogP contribution < -0.4 is 10.8 Å². The number of carbonyl (C=O) groups is 2. The molecule has 0 heterocycles. The highest BCUT2D eigenvalue weighted by molar-refractivity contribution is 5.75. The molecule has 1 aromatic carbocycles. The smallest absolute Gasteiger partial charge is 0.323 e. The number of hydrogen-bond acceptors (Lipinski definition) is 6. The molecule has 0 aliphatic heterocycles. The Hall–Kier alpha value is -1.96. The number of hydrogen-bond donors (Lipinski definition) is 3. The molecule has 0 saturated heterocycles. The number of rotatable bonds is 12. The molecule has 0 unspecified atom stereocenters. The van der Waals surface area contributed by atoms with Crippen LogP contribution in [0.1, 0.15) is 37.8 Å². The molecule has 1 amide bonds. The lowest BCUT2D eigenvalue weighted by atomic mass is 10.0. The first-order valence-electron chi connectivity index (χ1n) is 9.37. The molecule has 0 fully saturated rings. The molecule has 0 radical (unpaired) electrons. The van der Waals surface area contributed by atoms with Crippen molar-refractivity contribution < 1.29 is 19.5 Å². The molecule has 1 rings (SSSR count). The van der Waals surface area contributed by atoms with Crippen LogP contribution in [-0.4, -0.2) is 55.3 Å². The van der Waals surface area contributed by atoms with Crippen LogP contribution in [0.5, 0.6) is 0 Å². The van der Waals surface area contributed by atoms with Crippen molar-refractivity contribution in [2.45, 2.75) is 45.7 Å². The Bertz CT molecular complexity index is 573. The van der Waals surface area contributed by atoms with Crippen LogP contribution in [0, 0.1) is 5.92 Å². The molecule has 0 bridgehead atoms. The monoisotopic (exact) mass is 379 g/mol. The average Bonchev–Trinajstić information content (AvgIpc) is 2.63. The number of carbonyl (C=O) groups excluding carboxylic acids is 2. The zero-order chi connectivity index (χ0) is 20.2. The van der Waals surface area contributed by atoms with Gasteiger partial charge in [-0.3, -0.25) is 14.8 Å². The predicted molar refractivity (Wildman–Crippen MR) is 104 cm³/mol. The summed E-state index contributed by atoms with van der Waals surface area (Å²) in [6.07, 6.45) is 1.52. The average molecular weight is 380 g/mol. The number of nitrogens with zero attached hydrogens (tertiary/aromatic N) is 1. The summed E-state index contributed by atoms with van der Waals surface area (Å²) in [5.41, 5.74) is 3.70. The summed E-state index contributed by atoms with van der Waals surface area (Å²) in [6.45, 7) is 5.82. The van der Waals surface area contributed by atoms with E-state index >= 15 is 0 Å².